The predicted molar refractivity (Wildman–Crippen MR) is 67.8 cm³/mol. The molecule has 0 unspecified atom stereocenters. The minimum absolute atomic E-state index is 0.170. The topological polar surface area (TPSA) is 55.4 Å². The first-order valence-electron chi connectivity index (χ1n) is 5.14. The van der Waals surface area contributed by atoms with E-state index in [9.17, 15) is 9.59 Å². The van der Waals surface area contributed by atoms with Gasteiger partial charge in [0.1, 0.15) is 12.1 Å². The van der Waals surface area contributed by atoms with E-state index in [2.05, 4.69) is 17.9 Å². The molecule has 0 aromatic heterocycles. The van der Waals surface area contributed by atoms with Crippen molar-refractivity contribution in [2.75, 3.05) is 0 Å². The highest BCUT2D eigenvalue weighted by Crippen LogP contribution is 2.07. The molecule has 0 fully saturated rings. The molecule has 0 bridgehead atoms. The summed E-state index contributed by atoms with van der Waals surface area (Å²) < 4.78 is 4.98. The van der Waals surface area contributed by atoms with Crippen LogP contribution in [0.1, 0.15) is 19.4 Å². The van der Waals surface area contributed by atoms with Gasteiger partial charge in [0.2, 0.25) is 5.12 Å². The second kappa shape index (κ2) is 5.72. The molecule has 0 aliphatic rings. The summed E-state index contributed by atoms with van der Waals surface area (Å²) in [6.07, 6.45) is -0.638. The van der Waals surface area contributed by atoms with Crippen LogP contribution >= 0.6 is 12.6 Å². The molecule has 0 aliphatic carbocycles. The Morgan fingerprint density at radius 3 is 2.41 bits per heavy atom. The van der Waals surface area contributed by atoms with Gasteiger partial charge in [-0.1, -0.05) is 30.3 Å². The molecule has 0 saturated heterocycles. The van der Waals surface area contributed by atoms with Crippen molar-refractivity contribution in [2.24, 2.45) is 0 Å². The molecule has 5 heteroatoms. The fraction of sp³-hybridized carbons (Fsp3) is 0.333. The van der Waals surface area contributed by atoms with Gasteiger partial charge in [0.05, 0.1) is 0 Å². The van der Waals surface area contributed by atoms with Gasteiger partial charge in [-0.3, -0.25) is 4.79 Å². The van der Waals surface area contributed by atoms with Crippen molar-refractivity contribution in [3.05, 3.63) is 35.9 Å². The van der Waals surface area contributed by atoms with Gasteiger partial charge in [0.25, 0.3) is 0 Å². The number of rotatable bonds is 4. The minimum Gasteiger partial charge on any atom is -0.445 e. The van der Waals surface area contributed by atoms with Crippen LogP contribution in [0, 0.1) is 0 Å². The van der Waals surface area contributed by atoms with Crippen LogP contribution in [0.25, 0.3) is 0 Å². The van der Waals surface area contributed by atoms with E-state index in [-0.39, 0.29) is 6.61 Å². The number of benzene rings is 1. The van der Waals surface area contributed by atoms with Gasteiger partial charge >= 0.3 is 6.09 Å². The lowest BCUT2D eigenvalue weighted by atomic mass is 10.1. The van der Waals surface area contributed by atoms with E-state index >= 15 is 0 Å². The summed E-state index contributed by atoms with van der Waals surface area (Å²) >= 11 is 3.68. The first-order valence-corrected chi connectivity index (χ1v) is 5.59. The van der Waals surface area contributed by atoms with E-state index < -0.39 is 16.7 Å². The monoisotopic (exact) mass is 253 g/mol. The summed E-state index contributed by atoms with van der Waals surface area (Å²) in [4.78, 5) is 22.5. The Morgan fingerprint density at radius 2 is 1.88 bits per heavy atom. The zero-order valence-electron chi connectivity index (χ0n) is 9.77. The highest BCUT2D eigenvalue weighted by molar-refractivity contribution is 7.96. The summed E-state index contributed by atoms with van der Waals surface area (Å²) in [5.41, 5.74) is -0.144. The van der Waals surface area contributed by atoms with Gasteiger partial charge < -0.3 is 10.1 Å². The molecule has 0 heterocycles. The van der Waals surface area contributed by atoms with Gasteiger partial charge in [-0.2, -0.15) is 0 Å². The number of hydrogen-bond donors (Lipinski definition) is 2. The second-order valence-electron chi connectivity index (χ2n) is 4.12. The van der Waals surface area contributed by atoms with E-state index in [4.69, 9.17) is 4.74 Å². The number of thiol groups is 1. The SMILES string of the molecule is CC(C)(NC(=O)OCc1ccccc1)C(=O)S. The highest BCUT2D eigenvalue weighted by Gasteiger charge is 2.27. The highest BCUT2D eigenvalue weighted by atomic mass is 32.1. The lowest BCUT2D eigenvalue weighted by Gasteiger charge is -2.21. The van der Waals surface area contributed by atoms with E-state index in [0.717, 1.165) is 5.56 Å². The van der Waals surface area contributed by atoms with E-state index in [1.54, 1.807) is 13.8 Å². The number of hydrogen-bond acceptors (Lipinski definition) is 3. The molecule has 1 aromatic carbocycles. The smallest absolute Gasteiger partial charge is 0.408 e. The Balaban J connectivity index is 2.44. The zero-order valence-corrected chi connectivity index (χ0v) is 10.7. The van der Waals surface area contributed by atoms with Crippen LogP contribution in [0.3, 0.4) is 0 Å². The molecular weight excluding hydrogens is 238 g/mol. The van der Waals surface area contributed by atoms with E-state index in [1.807, 2.05) is 30.3 Å². The molecule has 0 atom stereocenters. The summed E-state index contributed by atoms with van der Waals surface area (Å²) in [5.74, 6) is 0. The largest absolute Gasteiger partial charge is 0.445 e. The van der Waals surface area contributed by atoms with Gasteiger partial charge in [-0.25, -0.2) is 4.79 Å². The fourth-order valence-corrected chi connectivity index (χ4v) is 1.12. The normalized spacial score (nSPS) is 10.8. The van der Waals surface area contributed by atoms with Crippen LogP contribution < -0.4 is 5.32 Å². The van der Waals surface area contributed by atoms with Crippen molar-refractivity contribution >= 4 is 23.8 Å². The molecule has 1 rings (SSSR count). The molecule has 1 N–H and O–H groups in total. The summed E-state index contributed by atoms with van der Waals surface area (Å²) in [5, 5.41) is 2.02. The molecule has 17 heavy (non-hydrogen) atoms. The first kappa shape index (κ1) is 13.6. The average molecular weight is 253 g/mol. The Kier molecular flexibility index (Phi) is 4.57. The Bertz CT molecular complexity index is 403. The van der Waals surface area contributed by atoms with E-state index in [0.29, 0.717) is 0 Å². The van der Waals surface area contributed by atoms with Crippen LogP contribution in [0.4, 0.5) is 4.79 Å². The Hall–Kier alpha value is -1.49. The molecule has 0 spiro atoms. The maximum atomic E-state index is 11.4. The fourth-order valence-electron chi connectivity index (χ4n) is 1.07. The van der Waals surface area contributed by atoms with Crippen LogP contribution in [-0.4, -0.2) is 16.7 Å². The number of carbonyl (C=O) groups is 2. The third kappa shape index (κ3) is 4.48. The van der Waals surface area contributed by atoms with Crippen molar-refractivity contribution in [3.8, 4) is 0 Å². The molecule has 1 aromatic rings. The maximum absolute atomic E-state index is 11.4. The van der Waals surface area contributed by atoms with Crippen molar-refractivity contribution < 1.29 is 14.3 Å². The zero-order chi connectivity index (χ0) is 12.9. The number of carbonyl (C=O) groups excluding carboxylic acids is 2. The Labute approximate surface area is 106 Å². The quantitative estimate of drug-likeness (QED) is 0.808. The number of amides is 1. The van der Waals surface area contributed by atoms with Crippen molar-refractivity contribution in [3.63, 3.8) is 0 Å². The van der Waals surface area contributed by atoms with Crippen LogP contribution in [-0.2, 0) is 16.1 Å². The van der Waals surface area contributed by atoms with Crippen LogP contribution in [0.2, 0.25) is 0 Å². The lowest BCUT2D eigenvalue weighted by Crippen LogP contribution is -2.48. The summed E-state index contributed by atoms with van der Waals surface area (Å²) in [7, 11) is 0. The molecule has 92 valence electrons. The van der Waals surface area contributed by atoms with Crippen LogP contribution in [0.15, 0.2) is 30.3 Å². The predicted octanol–water partition coefficient (Wildman–Crippen LogP) is 2.15. The maximum Gasteiger partial charge on any atom is 0.408 e. The molecule has 1 amide bonds. The van der Waals surface area contributed by atoms with Gasteiger partial charge in [-0.15, -0.1) is 12.6 Å². The number of ether oxygens (including phenoxy) is 1. The van der Waals surface area contributed by atoms with E-state index in [1.165, 1.54) is 0 Å². The third-order valence-corrected chi connectivity index (χ3v) is 2.72. The standard InChI is InChI=1S/C12H15NO3S/c1-12(2,10(14)17)13-11(15)16-8-9-6-4-3-5-7-9/h3-7H,8H2,1-2H3,(H,13,15)(H,14,17). The minimum atomic E-state index is -1.03. The van der Waals surface area contributed by atoms with Crippen LogP contribution in [0.5, 0.6) is 0 Å². The van der Waals surface area contributed by atoms with Crippen molar-refractivity contribution in [2.45, 2.75) is 26.0 Å². The summed E-state index contributed by atoms with van der Waals surface area (Å²) in [6, 6.07) is 9.30. The van der Waals surface area contributed by atoms with Crippen molar-refractivity contribution in [1.29, 1.82) is 0 Å². The summed E-state index contributed by atoms with van der Waals surface area (Å²) in [6.45, 7) is 3.29. The molecule has 0 radical (unpaired) electrons. The van der Waals surface area contributed by atoms with Crippen molar-refractivity contribution in [1.82, 2.24) is 5.32 Å². The number of nitrogens with one attached hydrogen (secondary N) is 1. The van der Waals surface area contributed by atoms with Gasteiger partial charge in [-0.05, 0) is 19.4 Å². The number of alkyl carbamates (subject to hydrolysis) is 1. The molecular formula is C12H15NO3S. The molecule has 0 aliphatic heterocycles. The van der Waals surface area contributed by atoms with Gasteiger partial charge in [0, 0.05) is 0 Å². The lowest BCUT2D eigenvalue weighted by molar-refractivity contribution is -0.115. The molecule has 0 saturated carbocycles. The molecule has 4 nitrogen and oxygen atoms in total. The second-order valence-corrected chi connectivity index (χ2v) is 4.52. The van der Waals surface area contributed by atoms with Gasteiger partial charge in [0.15, 0.2) is 0 Å². The average Bonchev–Trinajstić information content (AvgIpc) is 2.27. The Morgan fingerprint density at radius 1 is 1.29 bits per heavy atom. The third-order valence-electron chi connectivity index (χ3n) is 2.16. The first-order chi connectivity index (χ1) is 7.92.